The highest BCUT2D eigenvalue weighted by Gasteiger charge is 2.11. The van der Waals surface area contributed by atoms with E-state index in [2.05, 4.69) is 453 Å². The fourth-order valence-electron chi connectivity index (χ4n) is 14.4. The smallest absolute Gasteiger partial charge is 0.160 e. The molecule has 0 bridgehead atoms. The van der Waals surface area contributed by atoms with E-state index in [4.69, 9.17) is 0 Å². The molecular weight excluding hydrogens is 1650 g/mol. The van der Waals surface area contributed by atoms with Crippen molar-refractivity contribution in [1.82, 2.24) is 39.9 Å². The molecule has 0 saturated heterocycles. The van der Waals surface area contributed by atoms with Crippen LogP contribution in [0.4, 0.5) is 0 Å². The van der Waals surface area contributed by atoms with E-state index in [0.717, 1.165) is 101 Å². The van der Waals surface area contributed by atoms with Gasteiger partial charge in [-0.25, -0.2) is 29.9 Å². The van der Waals surface area contributed by atoms with Crippen molar-refractivity contribution >= 4 is 32.7 Å². The normalized spacial score (nSPS) is 10.1. The van der Waals surface area contributed by atoms with E-state index in [1.807, 2.05) is 140 Å². The van der Waals surface area contributed by atoms with Crippen LogP contribution in [-0.4, -0.2) is 39.9 Å². The quantitative estimate of drug-likeness (QED) is 0.162. The van der Waals surface area contributed by atoms with Crippen LogP contribution in [0.15, 0.2) is 401 Å². The van der Waals surface area contributed by atoms with Crippen LogP contribution in [0.1, 0.15) is 123 Å². The van der Waals surface area contributed by atoms with Crippen molar-refractivity contribution in [3.05, 3.63) is 524 Å². The molecule has 8 heteroatoms. The number of hydrogen-bond acceptors (Lipinski definition) is 8. The van der Waals surface area contributed by atoms with Gasteiger partial charge in [0.25, 0.3) is 0 Å². The summed E-state index contributed by atoms with van der Waals surface area (Å²) >= 11 is 0. The van der Waals surface area contributed by atoms with E-state index in [-0.39, 0.29) is 0 Å². The molecule has 20 rings (SSSR count). The minimum Gasteiger partial charge on any atom is -0.261 e. The van der Waals surface area contributed by atoms with Gasteiger partial charge in [0, 0.05) is 67.5 Å². The van der Waals surface area contributed by atoms with Gasteiger partial charge in [-0.2, -0.15) is 0 Å². The van der Waals surface area contributed by atoms with Gasteiger partial charge in [-0.15, -0.1) is 0 Å². The third-order valence-corrected chi connectivity index (χ3v) is 22.5. The molecule has 0 aliphatic rings. The SMILES string of the molecule is Cc1ccc(-c2ccc(C)cc2)cc1.Cc1ccc(-c2cccc(C)c2)cc1.Cc1ccc(-c2ccccc2C)cc1.Cc1ccc(-c2nc(C)c3ccccc3n2)cc1.Cc1ccc(-c2nc(C)nc3ccccc23)cc1.Cc1ccc(C)cc1.Cc1ccc(C)nc1.Cc1cccc(-c2nc(C)c3ccccc3n2)c1.Cc1cccc(C)c1.Cc1cccc(C)n1.Cc1ccccc1C. The molecule has 0 unspecified atom stereocenters. The molecule has 0 N–H and O–H groups in total. The number of aryl methyl sites for hydroxylation is 22. The first kappa shape index (κ1) is 103. The Morgan fingerprint density at radius 1 is 0.162 bits per heavy atom. The molecule has 0 amide bonds. The van der Waals surface area contributed by atoms with Gasteiger partial charge in [-0.3, -0.25) is 9.97 Å². The average molecular weight is 1780 g/mol. The molecule has 0 radical (unpaired) electrons. The summed E-state index contributed by atoms with van der Waals surface area (Å²) in [5.41, 5.74) is 41.3. The van der Waals surface area contributed by atoms with Crippen molar-refractivity contribution < 1.29 is 0 Å². The van der Waals surface area contributed by atoms with Gasteiger partial charge >= 0.3 is 0 Å². The highest BCUT2D eigenvalue weighted by molar-refractivity contribution is 5.92. The largest absolute Gasteiger partial charge is 0.261 e. The zero-order chi connectivity index (χ0) is 97.4. The van der Waals surface area contributed by atoms with Crippen molar-refractivity contribution in [2.75, 3.05) is 0 Å². The summed E-state index contributed by atoms with van der Waals surface area (Å²) in [7, 11) is 0. The summed E-state index contributed by atoms with van der Waals surface area (Å²) in [4.78, 5) is 35.8. The maximum Gasteiger partial charge on any atom is 0.160 e. The van der Waals surface area contributed by atoms with E-state index in [0.29, 0.717) is 0 Å². The number of rotatable bonds is 6. The van der Waals surface area contributed by atoms with Gasteiger partial charge in [-0.05, 0) is 250 Å². The second-order valence-corrected chi connectivity index (χ2v) is 35.0. The van der Waals surface area contributed by atoms with Crippen molar-refractivity contribution in [2.45, 2.75) is 152 Å². The summed E-state index contributed by atoms with van der Waals surface area (Å²) in [5.74, 6) is 2.41. The average Bonchev–Trinajstić information content (AvgIpc) is 0.840. The van der Waals surface area contributed by atoms with Crippen LogP contribution in [0.25, 0.3) is 100 Å². The van der Waals surface area contributed by atoms with Crippen LogP contribution in [0, 0.1) is 152 Å². The van der Waals surface area contributed by atoms with E-state index in [1.54, 1.807) is 0 Å². The Balaban J connectivity index is 0.000000157. The summed E-state index contributed by atoms with van der Waals surface area (Å²) in [5, 5.41) is 3.34. The van der Waals surface area contributed by atoms with E-state index in [1.165, 1.54) is 122 Å². The summed E-state index contributed by atoms with van der Waals surface area (Å²) in [6.45, 7) is 45.6. The lowest BCUT2D eigenvalue weighted by molar-refractivity contribution is 1.10. The minimum absolute atomic E-state index is 0.797. The van der Waals surface area contributed by atoms with Crippen molar-refractivity contribution in [2.24, 2.45) is 0 Å². The van der Waals surface area contributed by atoms with Crippen molar-refractivity contribution in [1.29, 1.82) is 0 Å². The van der Waals surface area contributed by atoms with E-state index in [9.17, 15) is 0 Å². The number of fused-ring (bicyclic) bond motifs is 3. The van der Waals surface area contributed by atoms with Crippen LogP contribution in [0.3, 0.4) is 0 Å². The molecule has 0 spiro atoms. The molecule has 0 aliphatic heterocycles. The van der Waals surface area contributed by atoms with Gasteiger partial charge in [0.05, 0.1) is 22.2 Å². The van der Waals surface area contributed by atoms with Crippen LogP contribution < -0.4 is 0 Å². The van der Waals surface area contributed by atoms with Gasteiger partial charge in [0.2, 0.25) is 0 Å². The molecule has 0 atom stereocenters. The van der Waals surface area contributed by atoms with Gasteiger partial charge < -0.3 is 0 Å². The third kappa shape index (κ3) is 34.0. The zero-order valence-electron chi connectivity index (χ0n) is 83.7. The predicted octanol–water partition coefficient (Wildman–Crippen LogP) is 34.0. The van der Waals surface area contributed by atoms with Gasteiger partial charge in [0.1, 0.15) is 5.82 Å². The Morgan fingerprint density at radius 3 is 0.838 bits per heavy atom. The molecule has 0 saturated carbocycles. The first-order valence-corrected chi connectivity index (χ1v) is 46.7. The number of para-hydroxylation sites is 3. The number of aromatic nitrogens is 8. The van der Waals surface area contributed by atoms with Crippen molar-refractivity contribution in [3.63, 3.8) is 0 Å². The highest BCUT2D eigenvalue weighted by Crippen LogP contribution is 2.30. The third-order valence-electron chi connectivity index (χ3n) is 22.5. The molecule has 20 aromatic rings. The molecule has 684 valence electrons. The van der Waals surface area contributed by atoms with Crippen molar-refractivity contribution in [3.8, 4) is 67.4 Å². The maximum atomic E-state index is 4.64. The van der Waals surface area contributed by atoms with Crippen LogP contribution >= 0.6 is 0 Å². The molecule has 0 aliphatic carbocycles. The Bertz CT molecular complexity index is 6850. The van der Waals surface area contributed by atoms with Crippen LogP contribution in [0.5, 0.6) is 0 Å². The number of pyridine rings is 2. The number of benzene rings is 15. The topological polar surface area (TPSA) is 103 Å². The lowest BCUT2D eigenvalue weighted by Gasteiger charge is -2.07. The Kier molecular flexibility index (Phi) is 39.8. The van der Waals surface area contributed by atoms with Crippen LogP contribution in [0.2, 0.25) is 0 Å². The molecule has 8 nitrogen and oxygen atoms in total. The molecule has 5 heterocycles. The standard InChI is InChI=1S/3C16H14N2.3C14H14.3C8H10.2C7H9N/c1-11-6-5-7-13(10-11)16-17-12(2)14-8-3-4-9-15(14)18-16;1-11-7-9-13(10-8-11)16-14-5-3-4-6-15(14)17-12(2)18-16;1-11-7-9-13(10-8-11)16-17-12(2)14-5-3-4-6-15(14)18-16;1-11-3-7-13(8-4-11)14-9-5-12(2)6-10-14;1-11-6-8-13(9-7-11)14-5-3-4-12(2)10-14;1-11-7-9-13(10-8-11)14-6-4-3-5-12(14)2;1-7-3-5-8(2)6-4-7;1-7-4-3-5-8(2)6-7;1-7-5-3-4-6-8(7)2;1-6-3-4-7(2)8-5-6;1-6-4-3-5-7(2)8-6/h3*3-10H,1-2H3;3*3-10H,1-2H3;3*3-6H,1-2H3;2*3-5H,1-2H3. The molecule has 136 heavy (non-hydrogen) atoms. The predicted molar refractivity (Wildman–Crippen MR) is 583 cm³/mol. The number of nitrogens with zero attached hydrogens (tertiary/aromatic N) is 8. The molecule has 15 aromatic carbocycles. The first-order valence-electron chi connectivity index (χ1n) is 46.7. The van der Waals surface area contributed by atoms with Gasteiger partial charge in [0.15, 0.2) is 11.6 Å². The second kappa shape index (κ2) is 52.8. The van der Waals surface area contributed by atoms with Crippen LogP contribution in [-0.2, 0) is 0 Å². The summed E-state index contributed by atoms with van der Waals surface area (Å²) in [6.07, 6.45) is 1.87. The Morgan fingerprint density at radius 2 is 0.471 bits per heavy atom. The Hall–Kier alpha value is -15.4. The van der Waals surface area contributed by atoms with E-state index < -0.39 is 0 Å². The summed E-state index contributed by atoms with van der Waals surface area (Å²) in [6, 6.07) is 136. The Labute approximate surface area is 810 Å². The fourth-order valence-corrected chi connectivity index (χ4v) is 14.4. The molecule has 0 fully saturated rings. The lowest BCUT2D eigenvalue weighted by atomic mass is 10.00. The minimum atomic E-state index is 0.797. The summed E-state index contributed by atoms with van der Waals surface area (Å²) < 4.78 is 0. The molecule has 5 aromatic heterocycles. The maximum absolute atomic E-state index is 4.64. The fraction of sp³-hybridized carbons (Fsp3) is 0.172. The monoisotopic (exact) mass is 1780 g/mol. The van der Waals surface area contributed by atoms with Gasteiger partial charge in [-0.1, -0.05) is 419 Å². The molecular formula is C128H132N8. The lowest BCUT2D eigenvalue weighted by Crippen LogP contribution is -1.94. The first-order chi connectivity index (χ1) is 65.4. The zero-order valence-corrected chi connectivity index (χ0v) is 83.7. The second-order valence-electron chi connectivity index (χ2n) is 35.0. The number of hydrogen-bond donors (Lipinski definition) is 0. The highest BCUT2D eigenvalue weighted by atomic mass is 14.9. The van der Waals surface area contributed by atoms with E-state index >= 15 is 0 Å².